The largest absolute Gasteiger partial charge is 0.489 e. The van der Waals surface area contributed by atoms with E-state index in [0.29, 0.717) is 18.9 Å². The molecule has 1 unspecified atom stereocenters. The lowest BCUT2D eigenvalue weighted by Crippen LogP contribution is -2.04. The van der Waals surface area contributed by atoms with Gasteiger partial charge in [0.1, 0.15) is 12.4 Å². The van der Waals surface area contributed by atoms with Crippen molar-refractivity contribution >= 4 is 21.4 Å². The second-order valence-electron chi connectivity index (χ2n) is 8.69. The number of H-pyrrole nitrogens is 1. The highest BCUT2D eigenvalue weighted by molar-refractivity contribution is 7.17. The van der Waals surface area contributed by atoms with Crippen LogP contribution < -0.4 is 4.74 Å². The number of ether oxygens (including phenoxy) is 1. The van der Waals surface area contributed by atoms with Crippen molar-refractivity contribution in [2.75, 3.05) is 0 Å². The molecule has 0 bridgehead atoms. The Hall–Kier alpha value is -3.17. The van der Waals surface area contributed by atoms with Gasteiger partial charge in [-0.25, -0.2) is 0 Å². The molecule has 1 aliphatic carbocycles. The van der Waals surface area contributed by atoms with E-state index in [9.17, 15) is 0 Å². The molecular weight excluding hydrogens is 428 g/mol. The van der Waals surface area contributed by atoms with Crippen molar-refractivity contribution in [2.24, 2.45) is 0 Å². The molecule has 2 heterocycles. The summed E-state index contributed by atoms with van der Waals surface area (Å²) in [4.78, 5) is 0. The lowest BCUT2D eigenvalue weighted by atomic mass is 9.84. The minimum absolute atomic E-state index is 0.0286. The fourth-order valence-electron chi connectivity index (χ4n) is 4.76. The molecule has 1 fully saturated rings. The van der Waals surface area contributed by atoms with E-state index < -0.39 is 0 Å². The van der Waals surface area contributed by atoms with Crippen LogP contribution >= 0.6 is 11.3 Å². The monoisotopic (exact) mass is 456 g/mol. The number of thiophene rings is 1. The molecule has 6 heteroatoms. The minimum atomic E-state index is 0.0286. The molecule has 5 nitrogen and oxygen atoms in total. The molecule has 1 atom stereocenters. The molecule has 0 aliphatic heterocycles. The van der Waals surface area contributed by atoms with Crippen LogP contribution in [0.5, 0.6) is 5.75 Å². The summed E-state index contributed by atoms with van der Waals surface area (Å²) < 4.78 is 7.51. The van der Waals surface area contributed by atoms with E-state index in [2.05, 4.69) is 68.2 Å². The fraction of sp³-hybridized carbons (Fsp3) is 0.370. The molecular formula is C27H28N4OS. The highest BCUT2D eigenvalue weighted by atomic mass is 32.1. The Morgan fingerprint density at radius 2 is 1.97 bits per heavy atom. The van der Waals surface area contributed by atoms with Crippen molar-refractivity contribution < 1.29 is 4.74 Å². The molecule has 4 aromatic rings. The first-order chi connectivity index (χ1) is 16.3. The molecule has 168 valence electrons. The van der Waals surface area contributed by atoms with Gasteiger partial charge in [-0.2, -0.15) is 5.21 Å². The lowest BCUT2D eigenvalue weighted by molar-refractivity contribution is 0.306. The number of tetrazole rings is 1. The quantitative estimate of drug-likeness (QED) is 0.327. The van der Waals surface area contributed by atoms with Crippen LogP contribution in [0.4, 0.5) is 0 Å². The SMILES string of the molecule is CC#CC(Cc1nn[nH]n1)c1ccc(OCc2ccc3scc(C4CCCCC4)c3c2)cc1. The molecule has 0 radical (unpaired) electrons. The summed E-state index contributed by atoms with van der Waals surface area (Å²) in [5.41, 5.74) is 3.89. The van der Waals surface area contributed by atoms with Crippen LogP contribution in [-0.2, 0) is 13.0 Å². The Morgan fingerprint density at radius 1 is 1.12 bits per heavy atom. The van der Waals surface area contributed by atoms with Crippen molar-refractivity contribution in [3.05, 3.63) is 70.4 Å². The van der Waals surface area contributed by atoms with Gasteiger partial charge in [-0.3, -0.25) is 0 Å². The van der Waals surface area contributed by atoms with Crippen molar-refractivity contribution in [1.82, 2.24) is 20.6 Å². The van der Waals surface area contributed by atoms with Crippen molar-refractivity contribution in [3.63, 3.8) is 0 Å². The van der Waals surface area contributed by atoms with E-state index in [0.717, 1.165) is 17.2 Å². The Balaban J connectivity index is 1.26. The molecule has 0 spiro atoms. The lowest BCUT2D eigenvalue weighted by Gasteiger charge is -2.21. The van der Waals surface area contributed by atoms with E-state index in [1.807, 2.05) is 30.4 Å². The first kappa shape index (κ1) is 21.7. The zero-order chi connectivity index (χ0) is 22.5. The maximum atomic E-state index is 6.13. The van der Waals surface area contributed by atoms with Crippen LogP contribution in [0.25, 0.3) is 10.1 Å². The standard InChI is InChI=1S/C27H28N4OS/c1-2-6-22(16-27-28-30-31-29-27)20-10-12-23(13-11-20)32-17-19-9-14-26-24(15-19)25(18-33-26)21-7-4-3-5-8-21/h9-15,18,21-22H,3-5,7-8,16-17H2,1H3,(H,28,29,30,31). The Kier molecular flexibility index (Phi) is 6.68. The number of nitrogens with zero attached hydrogens (tertiary/aromatic N) is 3. The number of aromatic amines is 1. The Labute approximate surface area is 198 Å². The molecule has 0 amide bonds. The van der Waals surface area contributed by atoms with Gasteiger partial charge in [0.25, 0.3) is 0 Å². The van der Waals surface area contributed by atoms with Gasteiger partial charge in [0.05, 0.1) is 5.92 Å². The number of rotatable bonds is 7. The zero-order valence-corrected chi connectivity index (χ0v) is 19.7. The van der Waals surface area contributed by atoms with Crippen LogP contribution in [0, 0.1) is 11.8 Å². The summed E-state index contributed by atoms with van der Waals surface area (Å²) in [7, 11) is 0. The summed E-state index contributed by atoms with van der Waals surface area (Å²) in [6.45, 7) is 2.42. The number of fused-ring (bicyclic) bond motifs is 1. The third-order valence-corrected chi connectivity index (χ3v) is 7.48. The normalized spacial score (nSPS) is 15.2. The van der Waals surface area contributed by atoms with Crippen LogP contribution in [0.15, 0.2) is 47.8 Å². The summed E-state index contributed by atoms with van der Waals surface area (Å²) >= 11 is 1.87. The van der Waals surface area contributed by atoms with Gasteiger partial charge < -0.3 is 4.74 Å². The molecule has 1 N–H and O–H groups in total. The van der Waals surface area contributed by atoms with Crippen molar-refractivity contribution in [3.8, 4) is 17.6 Å². The third-order valence-electron chi connectivity index (χ3n) is 6.50. The molecule has 5 rings (SSSR count). The maximum absolute atomic E-state index is 6.13. The van der Waals surface area contributed by atoms with E-state index >= 15 is 0 Å². The van der Waals surface area contributed by atoms with Crippen molar-refractivity contribution in [1.29, 1.82) is 0 Å². The molecule has 0 saturated heterocycles. The van der Waals surface area contributed by atoms with E-state index in [-0.39, 0.29) is 5.92 Å². The number of aromatic nitrogens is 4. The average Bonchev–Trinajstić information content (AvgIpc) is 3.53. The molecule has 2 aromatic heterocycles. The highest BCUT2D eigenvalue weighted by Crippen LogP contribution is 2.39. The smallest absolute Gasteiger partial charge is 0.176 e. The Bertz CT molecular complexity index is 1250. The van der Waals surface area contributed by atoms with Crippen LogP contribution in [0.3, 0.4) is 0 Å². The zero-order valence-electron chi connectivity index (χ0n) is 18.9. The van der Waals surface area contributed by atoms with Gasteiger partial charge >= 0.3 is 0 Å². The minimum Gasteiger partial charge on any atom is -0.489 e. The Morgan fingerprint density at radius 3 is 2.73 bits per heavy atom. The second kappa shape index (κ2) is 10.2. The van der Waals surface area contributed by atoms with E-state index in [1.165, 1.54) is 47.8 Å². The highest BCUT2D eigenvalue weighted by Gasteiger charge is 2.19. The molecule has 1 saturated carbocycles. The van der Waals surface area contributed by atoms with E-state index in [4.69, 9.17) is 4.74 Å². The molecule has 2 aromatic carbocycles. The predicted molar refractivity (Wildman–Crippen MR) is 132 cm³/mol. The summed E-state index contributed by atoms with van der Waals surface area (Å²) in [6, 6.07) is 15.0. The number of benzene rings is 2. The fourth-order valence-corrected chi connectivity index (χ4v) is 5.78. The summed E-state index contributed by atoms with van der Waals surface area (Å²) in [5, 5.41) is 18.1. The summed E-state index contributed by atoms with van der Waals surface area (Å²) in [6.07, 6.45) is 7.39. The van der Waals surface area contributed by atoms with Gasteiger partial charge in [0.15, 0.2) is 5.82 Å². The van der Waals surface area contributed by atoms with Crippen LogP contribution in [0.2, 0.25) is 0 Å². The van der Waals surface area contributed by atoms with Gasteiger partial charge in [0, 0.05) is 11.1 Å². The van der Waals surface area contributed by atoms with Gasteiger partial charge in [-0.1, -0.05) is 48.6 Å². The average molecular weight is 457 g/mol. The topological polar surface area (TPSA) is 63.7 Å². The number of hydrogen-bond donors (Lipinski definition) is 1. The van der Waals surface area contributed by atoms with E-state index in [1.54, 1.807) is 5.56 Å². The number of hydrogen-bond acceptors (Lipinski definition) is 5. The van der Waals surface area contributed by atoms with Gasteiger partial charge in [-0.05, 0) is 77.4 Å². The third kappa shape index (κ3) is 5.09. The van der Waals surface area contributed by atoms with Crippen LogP contribution in [-0.4, -0.2) is 20.6 Å². The second-order valence-corrected chi connectivity index (χ2v) is 9.60. The number of nitrogens with one attached hydrogen (secondary N) is 1. The van der Waals surface area contributed by atoms with Gasteiger partial charge in [0.2, 0.25) is 0 Å². The van der Waals surface area contributed by atoms with Crippen LogP contribution in [0.1, 0.15) is 73.4 Å². The molecule has 1 aliphatic rings. The molecule has 33 heavy (non-hydrogen) atoms. The van der Waals surface area contributed by atoms with Crippen molar-refractivity contribution in [2.45, 2.75) is 63.9 Å². The predicted octanol–water partition coefficient (Wildman–Crippen LogP) is 6.39. The first-order valence-electron chi connectivity index (χ1n) is 11.7. The maximum Gasteiger partial charge on any atom is 0.176 e. The van der Waals surface area contributed by atoms with Gasteiger partial charge in [-0.15, -0.1) is 27.5 Å². The first-order valence-corrected chi connectivity index (χ1v) is 12.6. The summed E-state index contributed by atoms with van der Waals surface area (Å²) in [5.74, 6) is 8.54.